The van der Waals surface area contributed by atoms with Gasteiger partial charge in [0.1, 0.15) is 22.6 Å². The molecule has 5 nitrogen and oxygen atoms in total. The number of para-hydroxylation sites is 2. The van der Waals surface area contributed by atoms with E-state index in [-0.39, 0.29) is 0 Å². The summed E-state index contributed by atoms with van der Waals surface area (Å²) in [6.45, 7) is 4.45. The first-order valence-electron chi connectivity index (χ1n) is 16.2. The molecule has 0 bridgehead atoms. The van der Waals surface area contributed by atoms with Crippen molar-refractivity contribution < 1.29 is 8.81 Å². The SMILES string of the molecule is CC1(C)c2ccc(C(F)c3ccc4c5ccccc5n5ccnc5c4c3)cc2N(c2ccccn2)c2ccc3c(oc4ccccc43)c21. The monoisotopic (exact) mass is 624 g/mol. The lowest BCUT2D eigenvalue weighted by Crippen LogP contribution is -2.31. The quantitative estimate of drug-likeness (QED) is 0.184. The van der Waals surface area contributed by atoms with Gasteiger partial charge in [-0.25, -0.2) is 14.4 Å². The van der Waals surface area contributed by atoms with E-state index in [9.17, 15) is 0 Å². The van der Waals surface area contributed by atoms with Crippen molar-refractivity contribution in [1.82, 2.24) is 14.4 Å². The van der Waals surface area contributed by atoms with Gasteiger partial charge in [0.05, 0.1) is 16.9 Å². The second-order valence-corrected chi connectivity index (χ2v) is 13.2. The molecular weight excluding hydrogens is 595 g/mol. The maximum absolute atomic E-state index is 16.9. The molecule has 6 heteroatoms. The fourth-order valence-electron chi connectivity index (χ4n) is 7.93. The van der Waals surface area contributed by atoms with Crippen LogP contribution in [0.25, 0.3) is 49.3 Å². The van der Waals surface area contributed by atoms with Crippen molar-refractivity contribution in [2.75, 3.05) is 4.90 Å². The van der Waals surface area contributed by atoms with Crippen LogP contribution in [0.5, 0.6) is 0 Å². The molecule has 10 rings (SSSR count). The molecule has 0 saturated heterocycles. The van der Waals surface area contributed by atoms with Crippen LogP contribution < -0.4 is 4.90 Å². The summed E-state index contributed by atoms with van der Waals surface area (Å²) in [6, 6.07) is 38.5. The second-order valence-electron chi connectivity index (χ2n) is 13.2. The van der Waals surface area contributed by atoms with E-state index in [1.807, 2.05) is 85.1 Å². The summed E-state index contributed by atoms with van der Waals surface area (Å²) in [6.07, 6.45) is 4.21. The van der Waals surface area contributed by atoms with Crippen LogP contribution in [0.1, 0.15) is 42.3 Å². The summed E-state index contributed by atoms with van der Waals surface area (Å²) in [7, 11) is 0. The average Bonchev–Trinajstić information content (AvgIpc) is 3.77. The van der Waals surface area contributed by atoms with Crippen LogP contribution in [0.3, 0.4) is 0 Å². The van der Waals surface area contributed by atoms with Gasteiger partial charge in [0, 0.05) is 51.1 Å². The van der Waals surface area contributed by atoms with Crippen molar-refractivity contribution in [3.63, 3.8) is 0 Å². The predicted octanol–water partition coefficient (Wildman–Crippen LogP) is 11.1. The number of furan rings is 1. The fraction of sp³-hybridized carbons (Fsp3) is 0.0952. The number of alkyl halides is 1. The highest BCUT2D eigenvalue weighted by molar-refractivity contribution is 6.12. The Labute approximate surface area is 275 Å². The number of halogens is 1. The van der Waals surface area contributed by atoms with E-state index in [2.05, 4.69) is 64.5 Å². The number of fused-ring (bicyclic) bond motifs is 12. The highest BCUT2D eigenvalue weighted by atomic mass is 19.1. The molecular formula is C42H29FN4O. The van der Waals surface area contributed by atoms with Gasteiger partial charge in [0.25, 0.3) is 0 Å². The lowest BCUT2D eigenvalue weighted by atomic mass is 9.72. The summed E-state index contributed by atoms with van der Waals surface area (Å²) in [5.41, 5.74) is 8.40. The first-order chi connectivity index (χ1) is 23.5. The number of rotatable bonds is 3. The van der Waals surface area contributed by atoms with Crippen molar-refractivity contribution >= 4 is 66.5 Å². The van der Waals surface area contributed by atoms with Gasteiger partial charge in [-0.15, -0.1) is 0 Å². The van der Waals surface area contributed by atoms with Gasteiger partial charge in [-0.2, -0.15) is 0 Å². The van der Waals surface area contributed by atoms with Gasteiger partial charge in [-0.3, -0.25) is 9.30 Å². The fourth-order valence-corrected chi connectivity index (χ4v) is 7.93. The van der Waals surface area contributed by atoms with Crippen molar-refractivity contribution in [3.8, 4) is 0 Å². The van der Waals surface area contributed by atoms with Gasteiger partial charge in [0.15, 0.2) is 6.17 Å². The van der Waals surface area contributed by atoms with E-state index in [1.165, 1.54) is 0 Å². The van der Waals surface area contributed by atoms with Crippen molar-refractivity contribution in [2.45, 2.75) is 25.4 Å². The second kappa shape index (κ2) is 9.75. The van der Waals surface area contributed by atoms with Gasteiger partial charge < -0.3 is 4.42 Å². The van der Waals surface area contributed by atoms with E-state index in [0.717, 1.165) is 77.6 Å². The molecule has 0 saturated carbocycles. The lowest BCUT2D eigenvalue weighted by Gasteiger charge is -2.41. The molecule has 1 aliphatic rings. The summed E-state index contributed by atoms with van der Waals surface area (Å²) >= 11 is 0. The largest absolute Gasteiger partial charge is 0.456 e. The van der Waals surface area contributed by atoms with Crippen LogP contribution in [0.4, 0.5) is 21.6 Å². The Morgan fingerprint density at radius 1 is 0.667 bits per heavy atom. The number of pyridine rings is 2. The minimum Gasteiger partial charge on any atom is -0.456 e. The Kier molecular flexibility index (Phi) is 5.51. The molecule has 0 aliphatic carbocycles. The van der Waals surface area contributed by atoms with Crippen LogP contribution in [0, 0.1) is 0 Å². The van der Waals surface area contributed by atoms with Crippen molar-refractivity contribution in [3.05, 3.63) is 156 Å². The molecule has 5 aromatic carbocycles. The smallest absolute Gasteiger partial charge is 0.150 e. The molecule has 0 spiro atoms. The lowest BCUT2D eigenvalue weighted by molar-refractivity contribution is 0.402. The molecule has 9 aromatic rings. The number of anilines is 3. The zero-order valence-corrected chi connectivity index (χ0v) is 26.4. The minimum absolute atomic E-state index is 0.441. The number of imidazole rings is 1. The molecule has 5 heterocycles. The number of hydrogen-bond donors (Lipinski definition) is 0. The molecule has 1 unspecified atom stereocenters. The normalized spacial score (nSPS) is 14.6. The summed E-state index contributed by atoms with van der Waals surface area (Å²) in [5.74, 6) is 0.762. The standard InChI is InChI=1S/C42H29FN4O/c1-42(2)32-18-15-26(39(43)25-14-16-27-28-9-3-5-11-33(28)46-22-21-45-41(46)31(27)23-25)24-35(32)47(37-13-7-8-20-44-37)34-19-17-30-29-10-4-6-12-36(29)48-40(30)38(34)42/h3-24,39H,1-2H3. The third kappa shape index (κ3) is 3.65. The number of aromatic nitrogens is 3. The predicted molar refractivity (Wildman–Crippen MR) is 191 cm³/mol. The Morgan fingerprint density at radius 3 is 2.31 bits per heavy atom. The topological polar surface area (TPSA) is 46.6 Å². The number of benzene rings is 5. The van der Waals surface area contributed by atoms with Gasteiger partial charge in [0.2, 0.25) is 0 Å². The van der Waals surface area contributed by atoms with Crippen molar-refractivity contribution in [2.24, 2.45) is 0 Å². The highest BCUT2D eigenvalue weighted by Crippen LogP contribution is 2.55. The van der Waals surface area contributed by atoms with Crippen molar-refractivity contribution in [1.29, 1.82) is 0 Å². The third-order valence-corrected chi connectivity index (χ3v) is 10.2. The van der Waals surface area contributed by atoms with Gasteiger partial charge >= 0.3 is 0 Å². The number of nitrogens with zero attached hydrogens (tertiary/aromatic N) is 4. The summed E-state index contributed by atoms with van der Waals surface area (Å²) < 4.78 is 25.5. The zero-order valence-electron chi connectivity index (χ0n) is 26.4. The maximum atomic E-state index is 16.9. The van der Waals surface area contributed by atoms with Crippen LogP contribution in [0.2, 0.25) is 0 Å². The van der Waals surface area contributed by atoms with E-state index in [4.69, 9.17) is 9.40 Å². The molecule has 48 heavy (non-hydrogen) atoms. The van der Waals surface area contributed by atoms with E-state index in [0.29, 0.717) is 11.1 Å². The van der Waals surface area contributed by atoms with Crippen LogP contribution in [0.15, 0.2) is 138 Å². The Balaban J connectivity index is 1.16. The maximum Gasteiger partial charge on any atom is 0.150 e. The van der Waals surface area contributed by atoms with Crippen LogP contribution >= 0.6 is 0 Å². The highest BCUT2D eigenvalue weighted by Gasteiger charge is 2.40. The first-order valence-corrected chi connectivity index (χ1v) is 16.2. The molecule has 0 fully saturated rings. The molecule has 230 valence electrons. The third-order valence-electron chi connectivity index (χ3n) is 10.2. The number of hydrogen-bond acceptors (Lipinski definition) is 4. The van der Waals surface area contributed by atoms with Gasteiger partial charge in [-0.05, 0) is 70.6 Å². The average molecular weight is 625 g/mol. The Morgan fingerprint density at radius 2 is 1.44 bits per heavy atom. The molecule has 0 amide bonds. The summed E-state index contributed by atoms with van der Waals surface area (Å²) in [5, 5.41) is 5.27. The minimum atomic E-state index is -1.35. The van der Waals surface area contributed by atoms with Crippen LogP contribution in [-0.4, -0.2) is 14.4 Å². The van der Waals surface area contributed by atoms with Crippen LogP contribution in [-0.2, 0) is 5.41 Å². The van der Waals surface area contributed by atoms with E-state index >= 15 is 4.39 Å². The molecule has 0 radical (unpaired) electrons. The zero-order chi connectivity index (χ0) is 32.1. The first kappa shape index (κ1) is 27.1. The molecule has 0 N–H and O–H groups in total. The van der Waals surface area contributed by atoms with Gasteiger partial charge in [-0.1, -0.05) is 80.6 Å². The molecule has 1 aliphatic heterocycles. The summed E-state index contributed by atoms with van der Waals surface area (Å²) in [4.78, 5) is 11.6. The van der Waals surface area contributed by atoms with E-state index < -0.39 is 11.6 Å². The van der Waals surface area contributed by atoms with E-state index in [1.54, 1.807) is 12.4 Å². The molecule has 1 atom stereocenters. The molecule has 4 aromatic heterocycles. The Bertz CT molecular complexity index is 2740. The Hall–Kier alpha value is -6.01.